The van der Waals surface area contributed by atoms with Crippen molar-refractivity contribution in [1.29, 1.82) is 0 Å². The molecule has 0 aromatic heterocycles. The largest absolute Gasteiger partial charge is 0.461 e. The van der Waals surface area contributed by atoms with Gasteiger partial charge in [0.05, 0.1) is 5.92 Å². The first-order chi connectivity index (χ1) is 13.6. The second-order valence-electron chi connectivity index (χ2n) is 7.51. The zero-order chi connectivity index (χ0) is 21.2. The van der Waals surface area contributed by atoms with Crippen LogP contribution in [0.2, 0.25) is 0 Å². The number of para-hydroxylation sites is 1. The zero-order valence-electron chi connectivity index (χ0n) is 15.9. The van der Waals surface area contributed by atoms with E-state index in [1.165, 1.54) is 0 Å². The van der Waals surface area contributed by atoms with Gasteiger partial charge in [-0.3, -0.25) is 4.79 Å². The summed E-state index contributed by atoms with van der Waals surface area (Å²) in [7, 11) is 0. The molecule has 29 heavy (non-hydrogen) atoms. The summed E-state index contributed by atoms with van der Waals surface area (Å²) in [5.41, 5.74) is 0.0754. The van der Waals surface area contributed by atoms with Gasteiger partial charge in [0, 0.05) is 0 Å². The third-order valence-corrected chi connectivity index (χ3v) is 5.36. The number of carbonyl (C=O) groups is 1. The number of esters is 1. The van der Waals surface area contributed by atoms with Gasteiger partial charge >= 0.3 is 12.1 Å². The van der Waals surface area contributed by atoms with Gasteiger partial charge in [0.25, 0.3) is 0 Å². The van der Waals surface area contributed by atoms with Crippen LogP contribution in [0.25, 0.3) is 0 Å². The number of rotatable bonds is 6. The van der Waals surface area contributed by atoms with Crippen molar-refractivity contribution in [1.82, 2.24) is 0 Å². The summed E-state index contributed by atoms with van der Waals surface area (Å²) in [6.07, 6.45) is -3.71. The van der Waals surface area contributed by atoms with Gasteiger partial charge in [-0.05, 0) is 41.2 Å². The lowest BCUT2D eigenvalue weighted by atomic mass is 10.1. The first-order valence-corrected chi connectivity index (χ1v) is 9.40. The van der Waals surface area contributed by atoms with Crippen LogP contribution in [0.4, 0.5) is 13.2 Å². The molecule has 0 N–H and O–H groups in total. The molecule has 1 aliphatic carbocycles. The first-order valence-electron chi connectivity index (χ1n) is 9.02. The SMILES string of the molecule is CC1(C)C(C=C(Cl)C(F)(F)F)C1C(=O)OCc1cccc(Oc2ccccc2)c1. The highest BCUT2D eigenvalue weighted by Crippen LogP contribution is 2.60. The second kappa shape index (κ2) is 8.11. The molecule has 0 radical (unpaired) electrons. The van der Waals surface area contributed by atoms with Gasteiger partial charge in [0.15, 0.2) is 0 Å². The zero-order valence-corrected chi connectivity index (χ0v) is 16.6. The number of allylic oxidation sites excluding steroid dienone is 2. The second-order valence-corrected chi connectivity index (χ2v) is 7.91. The molecule has 1 fully saturated rings. The van der Waals surface area contributed by atoms with Crippen molar-refractivity contribution in [2.75, 3.05) is 0 Å². The van der Waals surface area contributed by atoms with E-state index in [-0.39, 0.29) is 6.61 Å². The first kappa shape index (κ1) is 21.2. The summed E-state index contributed by atoms with van der Waals surface area (Å²) in [5, 5.41) is -1.21. The predicted octanol–water partition coefficient (Wildman–Crippen LogP) is 6.48. The Balaban J connectivity index is 1.60. The van der Waals surface area contributed by atoms with E-state index >= 15 is 0 Å². The molecule has 3 rings (SSSR count). The fourth-order valence-electron chi connectivity index (χ4n) is 3.26. The Bertz CT molecular complexity index is 907. The topological polar surface area (TPSA) is 35.5 Å². The summed E-state index contributed by atoms with van der Waals surface area (Å²) in [4.78, 5) is 12.4. The Hall–Kier alpha value is -2.47. The number of ether oxygens (including phenoxy) is 2. The molecule has 0 saturated heterocycles. The Kier molecular flexibility index (Phi) is 5.94. The molecular formula is C22H20ClF3O3. The summed E-state index contributed by atoms with van der Waals surface area (Å²) in [6, 6.07) is 16.3. The van der Waals surface area contributed by atoms with E-state index in [0.717, 1.165) is 6.08 Å². The van der Waals surface area contributed by atoms with Crippen LogP contribution < -0.4 is 4.74 Å². The fourth-order valence-corrected chi connectivity index (χ4v) is 3.39. The summed E-state index contributed by atoms with van der Waals surface area (Å²) < 4.78 is 49.0. The van der Waals surface area contributed by atoms with Gasteiger partial charge < -0.3 is 9.47 Å². The van der Waals surface area contributed by atoms with Crippen LogP contribution in [0.3, 0.4) is 0 Å². The molecule has 2 unspecified atom stereocenters. The van der Waals surface area contributed by atoms with Gasteiger partial charge in [-0.15, -0.1) is 0 Å². The van der Waals surface area contributed by atoms with Crippen molar-refractivity contribution < 1.29 is 27.4 Å². The van der Waals surface area contributed by atoms with Crippen molar-refractivity contribution in [3.05, 3.63) is 71.3 Å². The van der Waals surface area contributed by atoms with E-state index in [0.29, 0.717) is 17.1 Å². The molecule has 0 bridgehead atoms. The van der Waals surface area contributed by atoms with Crippen LogP contribution in [0.15, 0.2) is 65.7 Å². The molecule has 0 aliphatic heterocycles. The lowest BCUT2D eigenvalue weighted by molar-refractivity contribution is -0.147. The molecule has 2 aromatic rings. The minimum atomic E-state index is -4.62. The molecule has 1 saturated carbocycles. The third-order valence-electron chi connectivity index (χ3n) is 5.02. The lowest BCUT2D eigenvalue weighted by Crippen LogP contribution is -2.11. The number of halogens is 4. The van der Waals surface area contributed by atoms with Gasteiger partial charge in [-0.25, -0.2) is 0 Å². The monoisotopic (exact) mass is 424 g/mol. The van der Waals surface area contributed by atoms with Crippen LogP contribution in [-0.2, 0) is 16.1 Å². The maximum absolute atomic E-state index is 12.7. The van der Waals surface area contributed by atoms with Crippen molar-refractivity contribution in [3.63, 3.8) is 0 Å². The summed E-state index contributed by atoms with van der Waals surface area (Å²) in [5.74, 6) is -0.552. The Morgan fingerprint density at radius 3 is 2.41 bits per heavy atom. The van der Waals surface area contributed by atoms with Crippen LogP contribution in [0, 0.1) is 17.3 Å². The predicted molar refractivity (Wildman–Crippen MR) is 104 cm³/mol. The van der Waals surface area contributed by atoms with Gasteiger partial charge in [0.1, 0.15) is 23.1 Å². The Morgan fingerprint density at radius 2 is 1.76 bits per heavy atom. The summed E-state index contributed by atoms with van der Waals surface area (Å²) >= 11 is 5.32. The maximum atomic E-state index is 12.7. The normalized spacial score (nSPS) is 20.8. The van der Waals surface area contributed by atoms with Crippen LogP contribution >= 0.6 is 11.6 Å². The molecule has 0 heterocycles. The molecule has 154 valence electrons. The number of hydrogen-bond donors (Lipinski definition) is 0. The molecule has 2 aromatic carbocycles. The molecule has 7 heteroatoms. The van der Waals surface area contributed by atoms with E-state index < -0.39 is 34.4 Å². The highest BCUT2D eigenvalue weighted by atomic mass is 35.5. The van der Waals surface area contributed by atoms with Gasteiger partial charge in [-0.1, -0.05) is 61.9 Å². The maximum Gasteiger partial charge on any atom is 0.426 e. The Labute approximate surface area is 172 Å². The van der Waals surface area contributed by atoms with Crippen molar-refractivity contribution in [2.24, 2.45) is 17.3 Å². The van der Waals surface area contributed by atoms with Gasteiger partial charge in [0.2, 0.25) is 0 Å². The van der Waals surface area contributed by atoms with E-state index in [1.54, 1.807) is 38.1 Å². The number of hydrogen-bond acceptors (Lipinski definition) is 3. The molecule has 1 aliphatic rings. The standard InChI is InChI=1S/C22H20ClF3O3/c1-21(2)17(12-18(23)22(24,25)26)19(21)20(27)28-13-14-7-6-10-16(11-14)29-15-8-4-3-5-9-15/h3-12,17,19H,13H2,1-2H3. The van der Waals surface area contributed by atoms with E-state index in [9.17, 15) is 18.0 Å². The molecule has 2 atom stereocenters. The average molecular weight is 425 g/mol. The van der Waals surface area contributed by atoms with Crippen molar-refractivity contribution in [2.45, 2.75) is 26.6 Å². The molecule has 3 nitrogen and oxygen atoms in total. The molecular weight excluding hydrogens is 405 g/mol. The lowest BCUT2D eigenvalue weighted by Gasteiger charge is -2.09. The number of alkyl halides is 3. The number of carbonyl (C=O) groups excluding carboxylic acids is 1. The van der Waals surface area contributed by atoms with Gasteiger partial charge in [-0.2, -0.15) is 13.2 Å². The minimum absolute atomic E-state index is 0.000834. The van der Waals surface area contributed by atoms with Crippen LogP contribution in [-0.4, -0.2) is 12.1 Å². The minimum Gasteiger partial charge on any atom is -0.461 e. The van der Waals surface area contributed by atoms with Crippen LogP contribution in [0.1, 0.15) is 19.4 Å². The van der Waals surface area contributed by atoms with E-state index in [2.05, 4.69) is 0 Å². The highest BCUT2D eigenvalue weighted by molar-refractivity contribution is 6.30. The smallest absolute Gasteiger partial charge is 0.426 e. The van der Waals surface area contributed by atoms with Crippen molar-refractivity contribution >= 4 is 17.6 Å². The highest BCUT2D eigenvalue weighted by Gasteiger charge is 2.62. The Morgan fingerprint density at radius 1 is 1.10 bits per heavy atom. The van der Waals surface area contributed by atoms with E-state index in [1.807, 2.05) is 30.3 Å². The average Bonchev–Trinajstić information content (AvgIpc) is 3.20. The molecule has 0 spiro atoms. The number of benzene rings is 2. The summed E-state index contributed by atoms with van der Waals surface area (Å²) in [6.45, 7) is 3.44. The van der Waals surface area contributed by atoms with Crippen molar-refractivity contribution in [3.8, 4) is 11.5 Å². The van der Waals surface area contributed by atoms with Crippen LogP contribution in [0.5, 0.6) is 11.5 Å². The van der Waals surface area contributed by atoms with E-state index in [4.69, 9.17) is 21.1 Å². The molecule has 0 amide bonds. The third kappa shape index (κ3) is 5.12. The quantitative estimate of drug-likeness (QED) is 0.498. The fraction of sp³-hybridized carbons (Fsp3) is 0.318.